The molecule has 6 heteroatoms. The van der Waals surface area contributed by atoms with Gasteiger partial charge in [0.1, 0.15) is 13.2 Å². The van der Waals surface area contributed by atoms with Gasteiger partial charge in [-0.2, -0.15) is 0 Å². The van der Waals surface area contributed by atoms with Crippen LogP contribution in [0.1, 0.15) is 329 Å². The number of ether oxygens (including phenoxy) is 3. The van der Waals surface area contributed by atoms with Crippen LogP contribution in [0.5, 0.6) is 0 Å². The molecule has 0 aliphatic heterocycles. The summed E-state index contributed by atoms with van der Waals surface area (Å²) in [6.07, 6.45) is 82.2. The van der Waals surface area contributed by atoms with Gasteiger partial charge in [0.2, 0.25) is 0 Å². The Morgan fingerprint density at radius 1 is 0.280 bits per heavy atom. The van der Waals surface area contributed by atoms with Gasteiger partial charge in [0.25, 0.3) is 0 Å². The van der Waals surface area contributed by atoms with Crippen molar-refractivity contribution in [2.75, 3.05) is 13.2 Å². The molecular weight excluding hydrogens is 925 g/mol. The molecule has 0 spiro atoms. The van der Waals surface area contributed by atoms with E-state index >= 15 is 0 Å². The first kappa shape index (κ1) is 71.8. The van der Waals surface area contributed by atoms with Crippen LogP contribution in [0.25, 0.3) is 0 Å². The Kier molecular flexibility index (Phi) is 60.7. The van der Waals surface area contributed by atoms with Crippen molar-refractivity contribution < 1.29 is 28.6 Å². The van der Waals surface area contributed by atoms with Crippen molar-refractivity contribution in [2.45, 2.75) is 335 Å². The van der Waals surface area contributed by atoms with Crippen LogP contribution in [-0.2, 0) is 28.6 Å². The molecule has 6 nitrogen and oxygen atoms in total. The molecule has 0 heterocycles. The van der Waals surface area contributed by atoms with Crippen molar-refractivity contribution >= 4 is 17.9 Å². The van der Waals surface area contributed by atoms with Gasteiger partial charge in [-0.15, -0.1) is 0 Å². The SMILES string of the molecule is CC/C=C\C/C=C\C/C=C\C/C=C\C/C=C\C/C=C\CCCCCCCCCCCCCCCCCCC(=O)OCC(COC(=O)CCCCCCCCCCCC)OC(=O)CCCCCCCCCCCCCC. The molecule has 75 heavy (non-hydrogen) atoms. The van der Waals surface area contributed by atoms with Gasteiger partial charge in [0.15, 0.2) is 6.10 Å². The van der Waals surface area contributed by atoms with Crippen molar-refractivity contribution in [3.8, 4) is 0 Å². The predicted molar refractivity (Wildman–Crippen MR) is 325 cm³/mol. The second-order valence-corrected chi connectivity index (χ2v) is 21.7. The lowest BCUT2D eigenvalue weighted by Crippen LogP contribution is -2.30. The molecule has 434 valence electrons. The molecule has 0 saturated carbocycles. The summed E-state index contributed by atoms with van der Waals surface area (Å²) in [6, 6.07) is 0. The van der Waals surface area contributed by atoms with Gasteiger partial charge in [-0.3, -0.25) is 14.4 Å². The summed E-state index contributed by atoms with van der Waals surface area (Å²) in [5.74, 6) is -0.853. The maximum atomic E-state index is 12.8. The Morgan fingerprint density at radius 3 is 0.813 bits per heavy atom. The monoisotopic (exact) mass is 1050 g/mol. The summed E-state index contributed by atoms with van der Waals surface area (Å²) in [5.41, 5.74) is 0. The summed E-state index contributed by atoms with van der Waals surface area (Å²) in [7, 11) is 0. The molecule has 0 aliphatic rings. The number of rotatable bonds is 59. The fraction of sp³-hybridized carbons (Fsp3) is 0.783. The largest absolute Gasteiger partial charge is 0.462 e. The summed E-state index contributed by atoms with van der Waals surface area (Å²) in [4.78, 5) is 38.1. The van der Waals surface area contributed by atoms with Gasteiger partial charge in [-0.25, -0.2) is 0 Å². The summed E-state index contributed by atoms with van der Waals surface area (Å²) in [5, 5.41) is 0. The fourth-order valence-corrected chi connectivity index (χ4v) is 9.39. The van der Waals surface area contributed by atoms with E-state index in [1.165, 1.54) is 193 Å². The second-order valence-electron chi connectivity index (χ2n) is 21.7. The Bertz CT molecular complexity index is 1390. The molecule has 0 aromatic rings. The average Bonchev–Trinajstić information content (AvgIpc) is 3.41. The third-order valence-electron chi connectivity index (χ3n) is 14.2. The standard InChI is InChI=1S/C69H122O6/c1-4-7-10-13-16-19-22-24-25-26-27-28-29-30-31-32-33-34-35-36-37-38-39-40-41-42-43-44-45-46-48-50-53-56-59-62-68(71)74-65-66(64-73-67(70)61-58-55-52-49-21-18-15-12-9-6-3)75-69(72)63-60-57-54-51-47-23-20-17-14-11-8-5-2/h7,10,16,19,24-25,27-28,30-31,33-34,66H,4-6,8-9,11-15,17-18,20-23,26,29,32,35-65H2,1-3H3/b10-7-,19-16-,25-24-,28-27-,31-30-,34-33-. The minimum atomic E-state index is -0.768. The number of unbranched alkanes of at least 4 members (excludes halogenated alkanes) is 36. The van der Waals surface area contributed by atoms with E-state index < -0.39 is 6.10 Å². The lowest BCUT2D eigenvalue weighted by atomic mass is 10.0. The van der Waals surface area contributed by atoms with Gasteiger partial charge < -0.3 is 14.2 Å². The molecule has 0 N–H and O–H groups in total. The summed E-state index contributed by atoms with van der Waals surface area (Å²) >= 11 is 0. The third kappa shape index (κ3) is 61.6. The number of hydrogen-bond acceptors (Lipinski definition) is 6. The zero-order valence-corrected chi connectivity index (χ0v) is 49.8. The normalized spacial score (nSPS) is 12.5. The zero-order valence-electron chi connectivity index (χ0n) is 49.8. The summed E-state index contributed by atoms with van der Waals surface area (Å²) < 4.78 is 16.9. The Morgan fingerprint density at radius 2 is 0.520 bits per heavy atom. The number of carbonyl (C=O) groups excluding carboxylic acids is 3. The molecule has 0 aliphatic carbocycles. The van der Waals surface area contributed by atoms with Crippen LogP contribution < -0.4 is 0 Å². The van der Waals surface area contributed by atoms with Crippen LogP contribution in [0.2, 0.25) is 0 Å². The van der Waals surface area contributed by atoms with E-state index in [-0.39, 0.29) is 31.1 Å². The Balaban J connectivity index is 4.02. The highest BCUT2D eigenvalue weighted by atomic mass is 16.6. The van der Waals surface area contributed by atoms with E-state index in [1.807, 2.05) is 0 Å². The molecular formula is C69H122O6. The number of carbonyl (C=O) groups is 3. The van der Waals surface area contributed by atoms with Crippen molar-refractivity contribution in [2.24, 2.45) is 0 Å². The Hall–Kier alpha value is -3.15. The third-order valence-corrected chi connectivity index (χ3v) is 14.2. The maximum absolute atomic E-state index is 12.8. The lowest BCUT2D eigenvalue weighted by molar-refractivity contribution is -0.167. The van der Waals surface area contributed by atoms with Crippen molar-refractivity contribution in [3.05, 3.63) is 72.9 Å². The summed E-state index contributed by atoms with van der Waals surface area (Å²) in [6.45, 7) is 6.54. The fourth-order valence-electron chi connectivity index (χ4n) is 9.39. The van der Waals surface area contributed by atoms with E-state index in [0.717, 1.165) is 96.3 Å². The van der Waals surface area contributed by atoms with E-state index in [2.05, 4.69) is 93.7 Å². The van der Waals surface area contributed by atoms with Gasteiger partial charge >= 0.3 is 17.9 Å². The van der Waals surface area contributed by atoms with Crippen LogP contribution in [0.4, 0.5) is 0 Å². The molecule has 0 aromatic carbocycles. The van der Waals surface area contributed by atoms with Gasteiger partial charge in [-0.1, -0.05) is 312 Å². The molecule has 0 amide bonds. The predicted octanol–water partition coefficient (Wildman–Crippen LogP) is 22.1. The van der Waals surface area contributed by atoms with Crippen LogP contribution in [0.3, 0.4) is 0 Å². The molecule has 1 atom stereocenters. The molecule has 0 aromatic heterocycles. The van der Waals surface area contributed by atoms with Crippen LogP contribution in [0.15, 0.2) is 72.9 Å². The van der Waals surface area contributed by atoms with Crippen LogP contribution >= 0.6 is 0 Å². The zero-order chi connectivity index (χ0) is 54.3. The second kappa shape index (κ2) is 63.4. The highest BCUT2D eigenvalue weighted by Crippen LogP contribution is 2.17. The van der Waals surface area contributed by atoms with Crippen molar-refractivity contribution in [1.82, 2.24) is 0 Å². The molecule has 0 saturated heterocycles. The molecule has 0 fully saturated rings. The highest BCUT2D eigenvalue weighted by molar-refractivity contribution is 5.71. The molecule has 0 bridgehead atoms. The van der Waals surface area contributed by atoms with Crippen molar-refractivity contribution in [3.63, 3.8) is 0 Å². The Labute approximate surface area is 465 Å². The van der Waals surface area contributed by atoms with Crippen LogP contribution in [-0.4, -0.2) is 37.2 Å². The topological polar surface area (TPSA) is 78.9 Å². The minimum absolute atomic E-state index is 0.0681. The molecule has 1 unspecified atom stereocenters. The maximum Gasteiger partial charge on any atom is 0.306 e. The number of esters is 3. The van der Waals surface area contributed by atoms with Gasteiger partial charge in [0.05, 0.1) is 0 Å². The molecule has 0 radical (unpaired) electrons. The minimum Gasteiger partial charge on any atom is -0.462 e. The molecule has 0 rings (SSSR count). The highest BCUT2D eigenvalue weighted by Gasteiger charge is 2.19. The first-order chi connectivity index (χ1) is 37.0. The number of hydrogen-bond donors (Lipinski definition) is 0. The quantitative estimate of drug-likeness (QED) is 0.0261. The van der Waals surface area contributed by atoms with Crippen LogP contribution in [0, 0.1) is 0 Å². The smallest absolute Gasteiger partial charge is 0.306 e. The number of allylic oxidation sites excluding steroid dienone is 12. The van der Waals surface area contributed by atoms with Gasteiger partial charge in [-0.05, 0) is 70.6 Å². The average molecular weight is 1050 g/mol. The van der Waals surface area contributed by atoms with E-state index in [9.17, 15) is 14.4 Å². The first-order valence-corrected chi connectivity index (χ1v) is 32.4. The van der Waals surface area contributed by atoms with E-state index in [1.54, 1.807) is 0 Å². The first-order valence-electron chi connectivity index (χ1n) is 32.4. The lowest BCUT2D eigenvalue weighted by Gasteiger charge is -2.18. The van der Waals surface area contributed by atoms with Gasteiger partial charge in [0, 0.05) is 19.3 Å². The van der Waals surface area contributed by atoms with E-state index in [4.69, 9.17) is 14.2 Å². The van der Waals surface area contributed by atoms with Crippen molar-refractivity contribution in [1.29, 1.82) is 0 Å². The van der Waals surface area contributed by atoms with E-state index in [0.29, 0.717) is 19.3 Å².